The van der Waals surface area contributed by atoms with Gasteiger partial charge in [0.25, 0.3) is 5.91 Å². The van der Waals surface area contributed by atoms with Gasteiger partial charge < -0.3 is 15.4 Å². The standard InChI is InChI=1S/C25H31N3O2.ClH/c1-5-28(6-2)14-16-7-8-21-17(9-16)12-22(27-21)20-11-18(24(29)15(3)4)10-19-13-26-25(30)23(19)20;/h7-12,15,24,27,29H,5-6,13-14H2,1-4H3,(H,26,30);1H. The molecule has 1 aliphatic rings. The largest absolute Gasteiger partial charge is 0.388 e. The maximum absolute atomic E-state index is 12.5. The van der Waals surface area contributed by atoms with Crippen LogP contribution < -0.4 is 5.32 Å². The fourth-order valence-corrected chi connectivity index (χ4v) is 4.30. The Morgan fingerprint density at radius 1 is 1.10 bits per heavy atom. The van der Waals surface area contributed by atoms with Crippen LogP contribution in [0.1, 0.15) is 60.8 Å². The Kier molecular flexibility index (Phi) is 7.10. The van der Waals surface area contributed by atoms with E-state index in [1.807, 2.05) is 26.0 Å². The number of hydrogen-bond acceptors (Lipinski definition) is 3. The summed E-state index contributed by atoms with van der Waals surface area (Å²) in [6.45, 7) is 11.9. The van der Waals surface area contributed by atoms with Gasteiger partial charge in [0.05, 0.1) is 11.7 Å². The summed E-state index contributed by atoms with van der Waals surface area (Å²) in [5, 5.41) is 14.7. The number of nitrogens with zero attached hydrogens (tertiary/aromatic N) is 1. The Morgan fingerprint density at radius 2 is 1.84 bits per heavy atom. The lowest BCUT2D eigenvalue weighted by Gasteiger charge is -2.17. The van der Waals surface area contributed by atoms with Crippen LogP contribution in [0.15, 0.2) is 36.4 Å². The van der Waals surface area contributed by atoms with Gasteiger partial charge in [0.15, 0.2) is 0 Å². The first-order valence-electron chi connectivity index (χ1n) is 10.9. The van der Waals surface area contributed by atoms with Gasteiger partial charge >= 0.3 is 0 Å². The van der Waals surface area contributed by atoms with Crippen LogP contribution in [0.2, 0.25) is 0 Å². The maximum Gasteiger partial charge on any atom is 0.252 e. The summed E-state index contributed by atoms with van der Waals surface area (Å²) < 4.78 is 0. The molecule has 5 nitrogen and oxygen atoms in total. The van der Waals surface area contributed by atoms with E-state index in [1.54, 1.807) is 0 Å². The number of aromatic nitrogens is 1. The number of aromatic amines is 1. The number of benzene rings is 2. The second kappa shape index (κ2) is 9.43. The van der Waals surface area contributed by atoms with Crippen molar-refractivity contribution in [2.24, 2.45) is 5.92 Å². The van der Waals surface area contributed by atoms with Gasteiger partial charge in [0.2, 0.25) is 0 Å². The summed E-state index contributed by atoms with van der Waals surface area (Å²) in [7, 11) is 0. The highest BCUT2D eigenvalue weighted by atomic mass is 35.5. The van der Waals surface area contributed by atoms with Crippen molar-refractivity contribution in [3.05, 3.63) is 58.7 Å². The smallest absolute Gasteiger partial charge is 0.252 e. The highest BCUT2D eigenvalue weighted by Gasteiger charge is 2.27. The minimum atomic E-state index is -0.560. The molecule has 166 valence electrons. The van der Waals surface area contributed by atoms with Crippen molar-refractivity contribution in [2.45, 2.75) is 46.9 Å². The average molecular weight is 442 g/mol. The van der Waals surface area contributed by atoms with E-state index in [0.717, 1.165) is 52.9 Å². The van der Waals surface area contributed by atoms with E-state index in [9.17, 15) is 9.90 Å². The Morgan fingerprint density at radius 3 is 2.52 bits per heavy atom. The fraction of sp³-hybridized carbons (Fsp3) is 0.400. The van der Waals surface area contributed by atoms with Gasteiger partial charge in [-0.15, -0.1) is 12.4 Å². The molecule has 2 aromatic carbocycles. The molecule has 4 rings (SSSR count). The summed E-state index contributed by atoms with van der Waals surface area (Å²) in [5.41, 5.74) is 6.63. The van der Waals surface area contributed by atoms with Crippen LogP contribution in [0.4, 0.5) is 0 Å². The molecule has 0 saturated carbocycles. The average Bonchev–Trinajstić information content (AvgIpc) is 3.34. The number of fused-ring (bicyclic) bond motifs is 2. The molecule has 0 aliphatic carbocycles. The maximum atomic E-state index is 12.5. The van der Waals surface area contributed by atoms with Gasteiger partial charge in [-0.05, 0) is 60.0 Å². The Hall–Kier alpha value is -2.34. The van der Waals surface area contributed by atoms with Crippen LogP contribution in [0, 0.1) is 5.92 Å². The topological polar surface area (TPSA) is 68.4 Å². The van der Waals surface area contributed by atoms with Gasteiger partial charge in [-0.25, -0.2) is 0 Å². The van der Waals surface area contributed by atoms with Crippen molar-refractivity contribution in [3.8, 4) is 11.3 Å². The number of H-pyrrole nitrogens is 1. The van der Waals surface area contributed by atoms with Crippen molar-refractivity contribution in [1.29, 1.82) is 0 Å². The van der Waals surface area contributed by atoms with E-state index in [1.165, 1.54) is 5.56 Å². The molecular weight excluding hydrogens is 410 g/mol. The Bertz CT molecular complexity index is 1090. The van der Waals surface area contributed by atoms with Gasteiger partial charge in [-0.3, -0.25) is 9.69 Å². The van der Waals surface area contributed by atoms with Crippen LogP contribution in [0.25, 0.3) is 22.2 Å². The molecule has 0 spiro atoms. The van der Waals surface area contributed by atoms with Crippen molar-refractivity contribution in [2.75, 3.05) is 13.1 Å². The number of halogens is 1. The SMILES string of the molecule is CCN(CC)Cc1ccc2[nH]c(-c3cc(C(O)C(C)C)cc4c3C(=O)NC4)cc2c1.Cl. The summed E-state index contributed by atoms with van der Waals surface area (Å²) in [4.78, 5) is 18.4. The quantitative estimate of drug-likeness (QED) is 0.481. The van der Waals surface area contributed by atoms with Gasteiger partial charge in [-0.2, -0.15) is 0 Å². The first-order chi connectivity index (χ1) is 14.4. The second-order valence-corrected chi connectivity index (χ2v) is 8.54. The Labute approximate surface area is 190 Å². The highest BCUT2D eigenvalue weighted by Crippen LogP contribution is 2.35. The normalized spacial score (nSPS) is 14.1. The summed E-state index contributed by atoms with van der Waals surface area (Å²) in [6, 6.07) is 12.6. The monoisotopic (exact) mass is 441 g/mol. The third-order valence-corrected chi connectivity index (χ3v) is 6.16. The number of hydrogen-bond donors (Lipinski definition) is 3. The molecule has 1 atom stereocenters. The van der Waals surface area contributed by atoms with Crippen molar-refractivity contribution in [3.63, 3.8) is 0 Å². The fourth-order valence-electron chi connectivity index (χ4n) is 4.30. The first kappa shape index (κ1) is 23.3. The molecule has 0 radical (unpaired) electrons. The predicted octanol–water partition coefficient (Wildman–Crippen LogP) is 5.03. The van der Waals surface area contributed by atoms with Crippen molar-refractivity contribution >= 4 is 29.2 Å². The molecule has 1 amide bonds. The zero-order valence-corrected chi connectivity index (χ0v) is 19.5. The number of carbonyl (C=O) groups is 1. The lowest BCUT2D eigenvalue weighted by atomic mass is 9.91. The molecule has 1 aliphatic heterocycles. The van der Waals surface area contributed by atoms with Gasteiger partial charge in [-0.1, -0.05) is 39.8 Å². The zero-order chi connectivity index (χ0) is 21.4. The number of rotatable bonds is 7. The first-order valence-corrected chi connectivity index (χ1v) is 10.9. The minimum Gasteiger partial charge on any atom is -0.388 e. The van der Waals surface area contributed by atoms with Crippen molar-refractivity contribution < 1.29 is 9.90 Å². The molecule has 6 heteroatoms. The Balaban J connectivity index is 0.00000272. The summed E-state index contributed by atoms with van der Waals surface area (Å²) in [6.07, 6.45) is -0.560. The molecule has 0 fully saturated rings. The second-order valence-electron chi connectivity index (χ2n) is 8.54. The lowest BCUT2D eigenvalue weighted by Crippen LogP contribution is -2.21. The molecule has 3 aromatic rings. The minimum absolute atomic E-state index is 0. The number of aliphatic hydroxyl groups is 1. The summed E-state index contributed by atoms with van der Waals surface area (Å²) in [5.74, 6) is 0.0535. The molecule has 0 bridgehead atoms. The number of amides is 1. The molecular formula is C25H32ClN3O2. The lowest BCUT2D eigenvalue weighted by molar-refractivity contribution is 0.0966. The highest BCUT2D eigenvalue weighted by molar-refractivity contribution is 6.05. The van der Waals surface area contributed by atoms with E-state index >= 15 is 0 Å². The number of carbonyl (C=O) groups excluding carboxylic acids is 1. The van der Waals surface area contributed by atoms with Crippen molar-refractivity contribution in [1.82, 2.24) is 15.2 Å². The zero-order valence-electron chi connectivity index (χ0n) is 18.7. The van der Waals surface area contributed by atoms with E-state index in [4.69, 9.17) is 0 Å². The van der Waals surface area contributed by atoms with Crippen LogP contribution in [0.3, 0.4) is 0 Å². The van der Waals surface area contributed by atoms with E-state index in [2.05, 4.69) is 53.3 Å². The number of nitrogens with one attached hydrogen (secondary N) is 2. The molecule has 3 N–H and O–H groups in total. The van der Waals surface area contributed by atoms with Crippen LogP contribution >= 0.6 is 12.4 Å². The molecule has 1 unspecified atom stereocenters. The summed E-state index contributed by atoms with van der Waals surface area (Å²) >= 11 is 0. The third kappa shape index (κ3) is 4.49. The van der Waals surface area contributed by atoms with Crippen LogP contribution in [-0.4, -0.2) is 34.0 Å². The van der Waals surface area contributed by atoms with E-state index in [-0.39, 0.29) is 24.2 Å². The van der Waals surface area contributed by atoms with Crippen LogP contribution in [0.5, 0.6) is 0 Å². The molecule has 31 heavy (non-hydrogen) atoms. The molecule has 1 aromatic heterocycles. The van der Waals surface area contributed by atoms with Crippen LogP contribution in [-0.2, 0) is 13.1 Å². The molecule has 0 saturated heterocycles. The third-order valence-electron chi connectivity index (χ3n) is 6.16. The number of aliphatic hydroxyl groups excluding tert-OH is 1. The van der Waals surface area contributed by atoms with Gasteiger partial charge in [0.1, 0.15) is 0 Å². The molecule has 2 heterocycles. The van der Waals surface area contributed by atoms with E-state index in [0.29, 0.717) is 12.1 Å². The van der Waals surface area contributed by atoms with Gasteiger partial charge in [0, 0.05) is 35.2 Å². The predicted molar refractivity (Wildman–Crippen MR) is 129 cm³/mol. The van der Waals surface area contributed by atoms with E-state index < -0.39 is 6.10 Å².